The van der Waals surface area contributed by atoms with E-state index >= 15 is 0 Å². The van der Waals surface area contributed by atoms with Gasteiger partial charge in [0.25, 0.3) is 0 Å². The van der Waals surface area contributed by atoms with Gasteiger partial charge < -0.3 is 10.5 Å². The summed E-state index contributed by atoms with van der Waals surface area (Å²) in [6.07, 6.45) is 3.45. The average Bonchev–Trinajstić information content (AvgIpc) is 3.07. The summed E-state index contributed by atoms with van der Waals surface area (Å²) >= 11 is 6.07. The largest absolute Gasteiger partial charge is 0.496 e. The van der Waals surface area contributed by atoms with Crippen molar-refractivity contribution in [2.24, 2.45) is 0 Å². The summed E-state index contributed by atoms with van der Waals surface area (Å²) in [5.41, 5.74) is 9.12. The number of rotatable bonds is 3. The normalized spacial score (nSPS) is 10.7. The van der Waals surface area contributed by atoms with Crippen LogP contribution in [0.15, 0.2) is 30.6 Å². The Morgan fingerprint density at radius 3 is 2.90 bits per heavy atom. The van der Waals surface area contributed by atoms with Crippen LogP contribution in [0.5, 0.6) is 5.75 Å². The van der Waals surface area contributed by atoms with Crippen molar-refractivity contribution < 1.29 is 4.74 Å². The van der Waals surface area contributed by atoms with Gasteiger partial charge in [0.2, 0.25) is 0 Å². The van der Waals surface area contributed by atoms with Gasteiger partial charge in [-0.25, -0.2) is 0 Å². The number of anilines is 1. The fraction of sp³-hybridized carbons (Fsp3) is 0.0769. The van der Waals surface area contributed by atoms with Crippen LogP contribution in [0, 0.1) is 0 Å². The lowest BCUT2D eigenvalue weighted by Gasteiger charge is -2.09. The first-order valence-electron chi connectivity index (χ1n) is 5.87. The van der Waals surface area contributed by atoms with Gasteiger partial charge in [0, 0.05) is 22.3 Å². The lowest BCUT2D eigenvalue weighted by molar-refractivity contribution is 0.416. The second-order valence-corrected chi connectivity index (χ2v) is 4.63. The van der Waals surface area contributed by atoms with Gasteiger partial charge in [0.1, 0.15) is 5.75 Å². The van der Waals surface area contributed by atoms with Gasteiger partial charge in [-0.3, -0.25) is 10.2 Å². The monoisotopic (exact) mass is 289 g/mol. The number of aromatic nitrogens is 4. The van der Waals surface area contributed by atoms with E-state index in [2.05, 4.69) is 20.4 Å². The third-order valence-electron chi connectivity index (χ3n) is 3.01. The molecule has 0 spiro atoms. The zero-order valence-corrected chi connectivity index (χ0v) is 11.4. The zero-order valence-electron chi connectivity index (χ0n) is 10.6. The van der Waals surface area contributed by atoms with Crippen LogP contribution >= 0.6 is 11.6 Å². The fourth-order valence-corrected chi connectivity index (χ4v) is 2.27. The summed E-state index contributed by atoms with van der Waals surface area (Å²) in [4.78, 5) is 0. The quantitative estimate of drug-likeness (QED) is 0.691. The summed E-state index contributed by atoms with van der Waals surface area (Å²) in [5.74, 6) is 1.05. The molecule has 0 aliphatic carbocycles. The number of nitrogens with zero attached hydrogens (tertiary/aromatic N) is 2. The molecule has 6 nitrogen and oxygen atoms in total. The number of halogens is 1. The molecule has 1 aromatic carbocycles. The number of nitrogen functional groups attached to an aromatic ring is 1. The van der Waals surface area contributed by atoms with E-state index in [-0.39, 0.29) is 0 Å². The number of H-pyrrole nitrogens is 2. The van der Waals surface area contributed by atoms with Crippen LogP contribution < -0.4 is 10.5 Å². The Morgan fingerprint density at radius 2 is 2.20 bits per heavy atom. The summed E-state index contributed by atoms with van der Waals surface area (Å²) in [6.45, 7) is 0. The van der Waals surface area contributed by atoms with Crippen LogP contribution in [0.25, 0.3) is 22.4 Å². The predicted octanol–water partition coefficient (Wildman–Crippen LogP) is 2.71. The minimum absolute atomic E-state index is 0.377. The van der Waals surface area contributed by atoms with E-state index in [1.54, 1.807) is 37.7 Å². The molecule has 0 aliphatic heterocycles. The van der Waals surface area contributed by atoms with E-state index in [4.69, 9.17) is 22.1 Å². The molecule has 0 aliphatic rings. The molecule has 102 valence electrons. The minimum atomic E-state index is 0.377. The maximum Gasteiger partial charge on any atom is 0.153 e. The number of methoxy groups -OCH3 is 1. The number of nitrogens with two attached hydrogens (primary N) is 1. The lowest BCUT2D eigenvalue weighted by atomic mass is 10.0. The molecule has 0 bridgehead atoms. The summed E-state index contributed by atoms with van der Waals surface area (Å²) in [5, 5.41) is 14.3. The summed E-state index contributed by atoms with van der Waals surface area (Å²) in [7, 11) is 1.60. The molecule has 0 unspecified atom stereocenters. The van der Waals surface area contributed by atoms with E-state index in [1.165, 1.54) is 0 Å². The lowest BCUT2D eigenvalue weighted by Crippen LogP contribution is -1.92. The highest BCUT2D eigenvalue weighted by Gasteiger charge is 2.19. The molecule has 2 heterocycles. The smallest absolute Gasteiger partial charge is 0.153 e. The molecule has 0 saturated heterocycles. The van der Waals surface area contributed by atoms with Crippen LogP contribution in [0.1, 0.15) is 0 Å². The first-order chi connectivity index (χ1) is 9.70. The average molecular weight is 290 g/mol. The van der Waals surface area contributed by atoms with Gasteiger partial charge in [-0.15, -0.1) is 0 Å². The van der Waals surface area contributed by atoms with E-state index in [9.17, 15) is 0 Å². The van der Waals surface area contributed by atoms with Crippen LogP contribution in [0.2, 0.25) is 5.02 Å². The van der Waals surface area contributed by atoms with Gasteiger partial charge in [-0.2, -0.15) is 10.2 Å². The summed E-state index contributed by atoms with van der Waals surface area (Å²) in [6, 6.07) is 5.35. The van der Waals surface area contributed by atoms with Crippen molar-refractivity contribution in [2.45, 2.75) is 0 Å². The zero-order chi connectivity index (χ0) is 14.1. The molecule has 0 atom stereocenters. The molecule has 2 aromatic heterocycles. The van der Waals surface area contributed by atoms with Crippen molar-refractivity contribution in [2.75, 3.05) is 12.8 Å². The first-order valence-corrected chi connectivity index (χ1v) is 6.25. The van der Waals surface area contributed by atoms with Crippen LogP contribution in [0.3, 0.4) is 0 Å². The van der Waals surface area contributed by atoms with E-state index in [0.29, 0.717) is 16.6 Å². The SMILES string of the molecule is COc1ccc(Cl)cc1-c1c(N)n[nH]c1-c1cn[nH]c1. The first kappa shape index (κ1) is 12.6. The third-order valence-corrected chi connectivity index (χ3v) is 3.25. The highest BCUT2D eigenvalue weighted by atomic mass is 35.5. The van der Waals surface area contributed by atoms with Gasteiger partial charge in [0.05, 0.1) is 24.6 Å². The second-order valence-electron chi connectivity index (χ2n) is 4.19. The topological polar surface area (TPSA) is 92.6 Å². The van der Waals surface area contributed by atoms with E-state index < -0.39 is 0 Å². The second kappa shape index (κ2) is 4.90. The number of hydrogen-bond donors (Lipinski definition) is 3. The molecule has 0 saturated carbocycles. The fourth-order valence-electron chi connectivity index (χ4n) is 2.10. The standard InChI is InChI=1S/C13H12ClN5O/c1-20-10-3-2-8(14)4-9(10)11-12(18-19-13(11)15)7-5-16-17-6-7/h2-6H,1H3,(H,16,17)(H3,15,18,19). The maximum absolute atomic E-state index is 6.07. The van der Waals surface area contributed by atoms with Crippen molar-refractivity contribution in [3.63, 3.8) is 0 Å². The Labute approximate surface area is 119 Å². The highest BCUT2D eigenvalue weighted by Crippen LogP contribution is 2.40. The predicted molar refractivity (Wildman–Crippen MR) is 77.6 cm³/mol. The minimum Gasteiger partial charge on any atom is -0.496 e. The number of aromatic amines is 2. The number of ether oxygens (including phenoxy) is 1. The Bertz CT molecular complexity index is 735. The number of nitrogens with one attached hydrogen (secondary N) is 2. The maximum atomic E-state index is 6.07. The Balaban J connectivity index is 2.25. The number of hydrogen-bond acceptors (Lipinski definition) is 4. The Kier molecular flexibility index (Phi) is 3.08. The summed E-state index contributed by atoms with van der Waals surface area (Å²) < 4.78 is 5.37. The molecule has 0 radical (unpaired) electrons. The third kappa shape index (κ3) is 2.00. The van der Waals surface area contributed by atoms with E-state index in [0.717, 1.165) is 22.4 Å². The van der Waals surface area contributed by atoms with Crippen molar-refractivity contribution >= 4 is 17.4 Å². The van der Waals surface area contributed by atoms with Crippen LogP contribution in [-0.2, 0) is 0 Å². The number of benzene rings is 1. The Morgan fingerprint density at radius 1 is 1.35 bits per heavy atom. The molecule has 3 rings (SSSR count). The van der Waals surface area contributed by atoms with Crippen molar-refractivity contribution in [1.29, 1.82) is 0 Å². The van der Waals surface area contributed by atoms with Crippen LogP contribution in [0.4, 0.5) is 5.82 Å². The molecular formula is C13H12ClN5O. The van der Waals surface area contributed by atoms with Crippen molar-refractivity contribution in [1.82, 2.24) is 20.4 Å². The van der Waals surface area contributed by atoms with Gasteiger partial charge >= 0.3 is 0 Å². The molecule has 0 amide bonds. The highest BCUT2D eigenvalue weighted by molar-refractivity contribution is 6.31. The molecule has 20 heavy (non-hydrogen) atoms. The Hall–Kier alpha value is -2.47. The molecule has 3 aromatic rings. The van der Waals surface area contributed by atoms with Gasteiger partial charge in [-0.05, 0) is 18.2 Å². The van der Waals surface area contributed by atoms with Gasteiger partial charge in [0.15, 0.2) is 5.82 Å². The molecule has 4 N–H and O–H groups in total. The molecule has 0 fully saturated rings. The molecule has 7 heteroatoms. The van der Waals surface area contributed by atoms with Crippen LogP contribution in [-0.4, -0.2) is 27.5 Å². The molecular weight excluding hydrogens is 278 g/mol. The van der Waals surface area contributed by atoms with Crippen molar-refractivity contribution in [3.8, 4) is 28.1 Å². The van der Waals surface area contributed by atoms with Gasteiger partial charge in [-0.1, -0.05) is 11.6 Å². The van der Waals surface area contributed by atoms with Crippen molar-refractivity contribution in [3.05, 3.63) is 35.6 Å². The van der Waals surface area contributed by atoms with E-state index in [1.807, 2.05) is 0 Å².